The highest BCUT2D eigenvalue weighted by Gasteiger charge is 2.25. The summed E-state index contributed by atoms with van der Waals surface area (Å²) in [7, 11) is -5.19. The molecule has 2 rings (SSSR count). The zero-order chi connectivity index (χ0) is 31.7. The standard InChI is InChI=1S/C28H43N5O7SSi/c1-9-11-22(31-27(36)40-28(3,4)5)25-30-24(18-33(25)19-39-14-16-42(6,7)8)21-13-12-20(29-26(34)35)17-23(21)32-41(37,38)15-10-2/h9-10,12-13,17-18,22,29,32H,1-2,11,14-16,19H2,3-8H3,(H,31,36)(H,34,35)/t22-/m0/s1. The SMILES string of the molecule is C=CC[C@H](NC(=O)OC(C)(C)C)c1nc(-c2ccc(NC(=O)O)cc2NS(=O)(=O)CC=C)cn1COCC[Si](C)(C)C. The van der Waals surface area contributed by atoms with Crippen LogP contribution in [0.25, 0.3) is 11.3 Å². The number of nitrogens with one attached hydrogen (secondary N) is 3. The van der Waals surface area contributed by atoms with Crippen LogP contribution in [0.2, 0.25) is 25.7 Å². The lowest BCUT2D eigenvalue weighted by molar-refractivity contribution is 0.0492. The maximum atomic E-state index is 12.7. The summed E-state index contributed by atoms with van der Waals surface area (Å²) >= 11 is 0. The van der Waals surface area contributed by atoms with E-state index in [0.717, 1.165) is 6.04 Å². The average molecular weight is 622 g/mol. The average Bonchev–Trinajstić information content (AvgIpc) is 3.23. The fourth-order valence-electron chi connectivity index (χ4n) is 3.75. The Morgan fingerprint density at radius 1 is 1.19 bits per heavy atom. The van der Waals surface area contributed by atoms with Crippen LogP contribution in [0.15, 0.2) is 49.7 Å². The van der Waals surface area contributed by atoms with E-state index in [-0.39, 0.29) is 23.9 Å². The molecule has 0 saturated heterocycles. The fraction of sp³-hybridized carbons (Fsp3) is 0.464. The van der Waals surface area contributed by atoms with E-state index in [1.807, 2.05) is 0 Å². The Balaban J connectivity index is 2.61. The van der Waals surface area contributed by atoms with Crippen molar-refractivity contribution in [3.8, 4) is 11.3 Å². The highest BCUT2D eigenvalue weighted by atomic mass is 32.2. The Kier molecular flexibility index (Phi) is 11.9. The normalized spacial score (nSPS) is 12.7. The van der Waals surface area contributed by atoms with Crippen molar-refractivity contribution in [1.29, 1.82) is 0 Å². The lowest BCUT2D eigenvalue weighted by atomic mass is 10.1. The Hall–Kier alpha value is -3.62. The van der Waals surface area contributed by atoms with Gasteiger partial charge in [-0.15, -0.1) is 13.2 Å². The van der Waals surface area contributed by atoms with Crippen LogP contribution in [0.3, 0.4) is 0 Å². The second kappa shape index (κ2) is 14.5. The van der Waals surface area contributed by atoms with E-state index >= 15 is 0 Å². The molecule has 2 aromatic rings. The predicted molar refractivity (Wildman–Crippen MR) is 168 cm³/mol. The summed E-state index contributed by atoms with van der Waals surface area (Å²) < 4.78 is 41.0. The second-order valence-corrected chi connectivity index (χ2v) is 19.3. The molecule has 0 saturated carbocycles. The quantitative estimate of drug-likeness (QED) is 0.107. The molecular formula is C28H43N5O7SSi. The molecule has 12 nitrogen and oxygen atoms in total. The van der Waals surface area contributed by atoms with E-state index in [1.54, 1.807) is 43.7 Å². The third-order valence-electron chi connectivity index (χ3n) is 5.59. The number of imidazole rings is 1. The summed E-state index contributed by atoms with van der Waals surface area (Å²) in [5.41, 5.74) is 0.312. The molecule has 0 spiro atoms. The topological polar surface area (TPSA) is 161 Å². The summed E-state index contributed by atoms with van der Waals surface area (Å²) in [5, 5.41) is 14.2. The van der Waals surface area contributed by atoms with Crippen LogP contribution in [0.4, 0.5) is 21.0 Å². The first-order valence-corrected chi connectivity index (χ1v) is 18.8. The zero-order valence-corrected chi connectivity index (χ0v) is 27.0. The summed E-state index contributed by atoms with van der Waals surface area (Å²) in [5.74, 6) is 0.0888. The maximum Gasteiger partial charge on any atom is 0.409 e. The van der Waals surface area contributed by atoms with Crippen LogP contribution >= 0.6 is 0 Å². The van der Waals surface area contributed by atoms with Gasteiger partial charge in [0.25, 0.3) is 0 Å². The molecule has 0 radical (unpaired) electrons. The lowest BCUT2D eigenvalue weighted by Gasteiger charge is -2.23. The molecule has 0 aliphatic rings. The Labute approximate surface area is 249 Å². The second-order valence-electron chi connectivity index (χ2n) is 11.9. The van der Waals surface area contributed by atoms with Gasteiger partial charge in [-0.2, -0.15) is 0 Å². The third-order valence-corrected chi connectivity index (χ3v) is 8.50. The number of aromatic nitrogens is 2. The molecule has 4 N–H and O–H groups in total. The first-order valence-electron chi connectivity index (χ1n) is 13.4. The summed E-state index contributed by atoms with van der Waals surface area (Å²) in [6.45, 7) is 20.0. The van der Waals surface area contributed by atoms with Crippen LogP contribution in [-0.4, -0.2) is 61.3 Å². The van der Waals surface area contributed by atoms with E-state index < -0.39 is 41.9 Å². The minimum Gasteiger partial charge on any atom is -0.465 e. The third kappa shape index (κ3) is 11.7. The van der Waals surface area contributed by atoms with Gasteiger partial charge in [-0.05, 0) is 51.4 Å². The van der Waals surface area contributed by atoms with E-state index in [2.05, 4.69) is 48.2 Å². The van der Waals surface area contributed by atoms with Gasteiger partial charge in [-0.1, -0.05) is 31.8 Å². The van der Waals surface area contributed by atoms with Crippen molar-refractivity contribution in [2.75, 3.05) is 22.4 Å². The van der Waals surface area contributed by atoms with Crippen molar-refractivity contribution >= 4 is 41.7 Å². The van der Waals surface area contributed by atoms with Crippen molar-refractivity contribution in [3.05, 3.63) is 55.5 Å². The van der Waals surface area contributed by atoms with Crippen molar-refractivity contribution in [3.63, 3.8) is 0 Å². The Morgan fingerprint density at radius 2 is 1.88 bits per heavy atom. The van der Waals surface area contributed by atoms with Gasteiger partial charge in [-0.3, -0.25) is 10.0 Å². The van der Waals surface area contributed by atoms with Crippen molar-refractivity contribution in [2.45, 2.75) is 71.3 Å². The number of amides is 2. The number of hydrogen-bond acceptors (Lipinski definition) is 7. The number of carbonyl (C=O) groups excluding carboxylic acids is 1. The molecule has 0 fully saturated rings. The van der Waals surface area contributed by atoms with Crippen LogP contribution < -0.4 is 15.4 Å². The van der Waals surface area contributed by atoms with Crippen molar-refractivity contribution in [1.82, 2.24) is 14.9 Å². The summed E-state index contributed by atoms with van der Waals surface area (Å²) in [6, 6.07) is 4.73. The molecule has 1 aromatic carbocycles. The van der Waals surface area contributed by atoms with Gasteiger partial charge < -0.3 is 24.5 Å². The summed E-state index contributed by atoms with van der Waals surface area (Å²) in [4.78, 5) is 28.7. The number of benzene rings is 1. The Morgan fingerprint density at radius 3 is 2.45 bits per heavy atom. The monoisotopic (exact) mass is 621 g/mol. The minimum absolute atomic E-state index is 0.110. The fourth-order valence-corrected chi connectivity index (χ4v) is 5.40. The van der Waals surface area contributed by atoms with Crippen LogP contribution in [-0.2, 0) is 26.2 Å². The molecule has 14 heteroatoms. The van der Waals surface area contributed by atoms with Crippen LogP contribution in [0.5, 0.6) is 0 Å². The smallest absolute Gasteiger partial charge is 0.409 e. The molecule has 232 valence electrons. The molecule has 1 aromatic heterocycles. The van der Waals surface area contributed by atoms with E-state index in [4.69, 9.17) is 19.6 Å². The van der Waals surface area contributed by atoms with Crippen LogP contribution in [0, 0.1) is 0 Å². The number of alkyl carbamates (subject to hydrolysis) is 1. The predicted octanol–water partition coefficient (Wildman–Crippen LogP) is 6.02. The molecule has 1 heterocycles. The number of carbonyl (C=O) groups is 2. The van der Waals surface area contributed by atoms with Gasteiger partial charge in [0.05, 0.1) is 23.2 Å². The first kappa shape index (κ1) is 34.6. The number of carboxylic acid groups (broad SMARTS) is 1. The molecule has 42 heavy (non-hydrogen) atoms. The van der Waals surface area contributed by atoms with Crippen molar-refractivity contribution < 1.29 is 32.6 Å². The number of hydrogen-bond donors (Lipinski definition) is 4. The van der Waals surface area contributed by atoms with Gasteiger partial charge >= 0.3 is 12.2 Å². The van der Waals surface area contributed by atoms with Gasteiger partial charge in [0.1, 0.15) is 18.2 Å². The number of rotatable bonds is 15. The molecule has 0 aliphatic heterocycles. The van der Waals surface area contributed by atoms with E-state index in [0.29, 0.717) is 30.1 Å². The van der Waals surface area contributed by atoms with Gasteiger partial charge in [0.15, 0.2) is 0 Å². The zero-order valence-electron chi connectivity index (χ0n) is 25.2. The Bertz CT molecular complexity index is 1380. The number of anilines is 2. The molecule has 2 amide bonds. The van der Waals surface area contributed by atoms with Crippen molar-refractivity contribution in [2.24, 2.45) is 0 Å². The molecular weight excluding hydrogens is 578 g/mol. The maximum absolute atomic E-state index is 12.7. The number of nitrogens with zero attached hydrogens (tertiary/aromatic N) is 2. The molecule has 0 bridgehead atoms. The molecule has 0 unspecified atom stereocenters. The number of ether oxygens (including phenoxy) is 2. The summed E-state index contributed by atoms with van der Waals surface area (Å²) in [6.07, 6.45) is 2.98. The van der Waals surface area contributed by atoms with Gasteiger partial charge in [-0.25, -0.2) is 23.0 Å². The highest BCUT2D eigenvalue weighted by Crippen LogP contribution is 2.33. The molecule has 1 atom stereocenters. The highest BCUT2D eigenvalue weighted by molar-refractivity contribution is 7.92. The van der Waals surface area contributed by atoms with E-state index in [9.17, 15) is 18.0 Å². The van der Waals surface area contributed by atoms with Gasteiger partial charge in [0, 0.05) is 32.1 Å². The number of sulfonamides is 1. The first-order chi connectivity index (χ1) is 19.4. The largest absolute Gasteiger partial charge is 0.465 e. The van der Waals surface area contributed by atoms with Gasteiger partial charge in [0.2, 0.25) is 10.0 Å². The lowest BCUT2D eigenvalue weighted by Crippen LogP contribution is -2.36. The van der Waals surface area contributed by atoms with Crippen LogP contribution in [0.1, 0.15) is 39.1 Å². The minimum atomic E-state index is -3.84. The molecule has 0 aliphatic carbocycles. The van der Waals surface area contributed by atoms with E-state index in [1.165, 1.54) is 18.2 Å².